The summed E-state index contributed by atoms with van der Waals surface area (Å²) in [6.07, 6.45) is 1.92. The van der Waals surface area contributed by atoms with Gasteiger partial charge in [-0.2, -0.15) is 0 Å². The molecule has 0 atom stereocenters. The highest BCUT2D eigenvalue weighted by atomic mass is 35.5. The van der Waals surface area contributed by atoms with Crippen LogP contribution in [-0.4, -0.2) is 4.57 Å². The highest BCUT2D eigenvalue weighted by Gasteiger charge is 2.09. The zero-order chi connectivity index (χ0) is 14.9. The topological polar surface area (TPSA) is 22.0 Å². The van der Waals surface area contributed by atoms with Crippen molar-refractivity contribution in [2.75, 3.05) is 0 Å². The lowest BCUT2D eigenvalue weighted by molar-refractivity contribution is 0.579. The smallest absolute Gasteiger partial charge is 0.250 e. The lowest BCUT2D eigenvalue weighted by Crippen LogP contribution is -2.20. The van der Waals surface area contributed by atoms with Gasteiger partial charge in [0.05, 0.1) is 0 Å². The van der Waals surface area contributed by atoms with E-state index in [1.54, 1.807) is 10.6 Å². The van der Waals surface area contributed by atoms with Crippen molar-refractivity contribution in [1.82, 2.24) is 4.57 Å². The second kappa shape index (κ2) is 5.84. The van der Waals surface area contributed by atoms with Gasteiger partial charge in [-0.25, -0.2) is 0 Å². The standard InChI is InChI=1S/C17H20ClNO/c1-11(2)15-9-13(5-7-16(15)18)14-6-8-17(20)19(10-14)12(3)4/h5-12H,1-4H3. The van der Waals surface area contributed by atoms with Gasteiger partial charge in [0.25, 0.3) is 5.56 Å². The molecular weight excluding hydrogens is 270 g/mol. The molecular formula is C17H20ClNO. The van der Waals surface area contributed by atoms with Gasteiger partial charge in [0, 0.05) is 23.3 Å². The van der Waals surface area contributed by atoms with Crippen molar-refractivity contribution in [1.29, 1.82) is 0 Å². The number of pyridine rings is 1. The van der Waals surface area contributed by atoms with Crippen molar-refractivity contribution < 1.29 is 0 Å². The van der Waals surface area contributed by atoms with Crippen molar-refractivity contribution in [2.45, 2.75) is 39.7 Å². The van der Waals surface area contributed by atoms with Crippen molar-refractivity contribution >= 4 is 11.6 Å². The highest BCUT2D eigenvalue weighted by Crippen LogP contribution is 2.29. The summed E-state index contributed by atoms with van der Waals surface area (Å²) in [5.74, 6) is 0.374. The summed E-state index contributed by atoms with van der Waals surface area (Å²) in [6, 6.07) is 9.68. The second-order valence-corrected chi connectivity index (χ2v) is 6.06. The lowest BCUT2D eigenvalue weighted by Gasteiger charge is -2.14. The van der Waals surface area contributed by atoms with Crippen LogP contribution in [0.15, 0.2) is 41.3 Å². The van der Waals surface area contributed by atoms with Gasteiger partial charge in [-0.3, -0.25) is 4.79 Å². The third-order valence-electron chi connectivity index (χ3n) is 3.45. The zero-order valence-electron chi connectivity index (χ0n) is 12.4. The van der Waals surface area contributed by atoms with Crippen LogP contribution in [0.25, 0.3) is 11.1 Å². The third-order valence-corrected chi connectivity index (χ3v) is 3.79. The number of hydrogen-bond donors (Lipinski definition) is 0. The van der Waals surface area contributed by atoms with Crippen LogP contribution < -0.4 is 5.56 Å². The number of rotatable bonds is 3. The molecule has 0 aliphatic heterocycles. The third kappa shape index (κ3) is 2.96. The number of hydrogen-bond acceptors (Lipinski definition) is 1. The molecule has 0 amide bonds. The molecule has 106 valence electrons. The molecule has 0 bridgehead atoms. The summed E-state index contributed by atoms with van der Waals surface area (Å²) in [6.45, 7) is 8.26. The monoisotopic (exact) mass is 289 g/mol. The van der Waals surface area contributed by atoms with Gasteiger partial charge >= 0.3 is 0 Å². The molecule has 0 unspecified atom stereocenters. The molecule has 0 saturated carbocycles. The quantitative estimate of drug-likeness (QED) is 0.790. The average molecular weight is 290 g/mol. The van der Waals surface area contributed by atoms with Gasteiger partial charge in [-0.15, -0.1) is 0 Å². The van der Waals surface area contributed by atoms with E-state index in [9.17, 15) is 4.79 Å². The van der Waals surface area contributed by atoms with Gasteiger partial charge in [-0.05, 0) is 54.7 Å². The minimum absolute atomic E-state index is 0.0294. The van der Waals surface area contributed by atoms with Crippen LogP contribution in [0.2, 0.25) is 5.02 Å². The fraction of sp³-hybridized carbons (Fsp3) is 0.353. The second-order valence-electron chi connectivity index (χ2n) is 5.65. The van der Waals surface area contributed by atoms with Crippen LogP contribution in [0, 0.1) is 0 Å². The van der Waals surface area contributed by atoms with Crippen LogP contribution >= 0.6 is 11.6 Å². The average Bonchev–Trinajstić information content (AvgIpc) is 2.39. The van der Waals surface area contributed by atoms with Gasteiger partial charge in [0.15, 0.2) is 0 Å². The Hall–Kier alpha value is -1.54. The largest absolute Gasteiger partial charge is 0.312 e. The van der Waals surface area contributed by atoms with Crippen molar-refractivity contribution in [3.05, 3.63) is 57.5 Å². The highest BCUT2D eigenvalue weighted by molar-refractivity contribution is 6.31. The molecule has 0 N–H and O–H groups in total. The van der Waals surface area contributed by atoms with E-state index in [0.29, 0.717) is 5.92 Å². The fourth-order valence-electron chi connectivity index (χ4n) is 2.24. The van der Waals surface area contributed by atoms with E-state index in [4.69, 9.17) is 11.6 Å². The van der Waals surface area contributed by atoms with Crippen LogP contribution in [0.1, 0.15) is 45.2 Å². The van der Waals surface area contributed by atoms with E-state index < -0.39 is 0 Å². The van der Waals surface area contributed by atoms with E-state index in [1.165, 1.54) is 0 Å². The molecule has 2 nitrogen and oxygen atoms in total. The Balaban J connectivity index is 2.54. The van der Waals surface area contributed by atoms with Crippen molar-refractivity contribution in [2.24, 2.45) is 0 Å². The Morgan fingerprint density at radius 1 is 1.00 bits per heavy atom. The number of benzene rings is 1. The van der Waals surface area contributed by atoms with E-state index in [-0.39, 0.29) is 11.6 Å². The predicted molar refractivity (Wildman–Crippen MR) is 85.6 cm³/mol. The van der Waals surface area contributed by atoms with E-state index in [2.05, 4.69) is 19.9 Å². The first-order valence-corrected chi connectivity index (χ1v) is 7.30. The van der Waals surface area contributed by atoms with Crippen molar-refractivity contribution in [3.63, 3.8) is 0 Å². The molecule has 2 aromatic rings. The van der Waals surface area contributed by atoms with Crippen LogP contribution in [0.5, 0.6) is 0 Å². The molecule has 1 aromatic heterocycles. The van der Waals surface area contributed by atoms with Gasteiger partial charge in [0.1, 0.15) is 0 Å². The minimum Gasteiger partial charge on any atom is -0.312 e. The summed E-state index contributed by atoms with van der Waals surface area (Å²) < 4.78 is 1.75. The lowest BCUT2D eigenvalue weighted by atomic mass is 9.98. The molecule has 0 saturated heterocycles. The van der Waals surface area contributed by atoms with E-state index in [1.807, 2.05) is 38.2 Å². The maximum Gasteiger partial charge on any atom is 0.250 e. The summed E-state index contributed by atoms with van der Waals surface area (Å²) >= 11 is 6.23. The summed E-state index contributed by atoms with van der Waals surface area (Å²) in [7, 11) is 0. The molecule has 0 fully saturated rings. The Morgan fingerprint density at radius 3 is 2.25 bits per heavy atom. The van der Waals surface area contributed by atoms with Gasteiger partial charge < -0.3 is 4.57 Å². The SMILES string of the molecule is CC(C)c1cc(-c2ccc(=O)n(C(C)C)c2)ccc1Cl. The van der Waals surface area contributed by atoms with Gasteiger partial charge in [-0.1, -0.05) is 31.5 Å². The van der Waals surface area contributed by atoms with Gasteiger partial charge in [0.2, 0.25) is 0 Å². The molecule has 0 spiro atoms. The van der Waals surface area contributed by atoms with Crippen LogP contribution in [-0.2, 0) is 0 Å². The Labute approximate surface area is 125 Å². The summed E-state index contributed by atoms with van der Waals surface area (Å²) in [5.41, 5.74) is 3.29. The Bertz CT molecular complexity index is 671. The molecule has 1 heterocycles. The van der Waals surface area contributed by atoms with Crippen LogP contribution in [0.3, 0.4) is 0 Å². The maximum absolute atomic E-state index is 11.8. The number of halogens is 1. The first-order valence-electron chi connectivity index (χ1n) is 6.92. The maximum atomic E-state index is 11.8. The normalized spacial score (nSPS) is 11.3. The Kier molecular flexibility index (Phi) is 4.34. The predicted octanol–water partition coefficient (Wildman–Crippen LogP) is 4.87. The molecule has 20 heavy (non-hydrogen) atoms. The van der Waals surface area contributed by atoms with Crippen LogP contribution in [0.4, 0.5) is 0 Å². The summed E-state index contributed by atoms with van der Waals surface area (Å²) in [4.78, 5) is 11.8. The fourth-order valence-corrected chi connectivity index (χ4v) is 2.58. The number of nitrogens with zero attached hydrogens (tertiary/aromatic N) is 1. The first-order chi connectivity index (χ1) is 9.40. The van der Waals surface area contributed by atoms with E-state index in [0.717, 1.165) is 21.7 Å². The molecule has 0 aliphatic rings. The molecule has 1 aromatic carbocycles. The summed E-state index contributed by atoms with van der Waals surface area (Å²) in [5, 5.41) is 0.793. The minimum atomic E-state index is 0.0294. The molecule has 0 aliphatic carbocycles. The molecule has 3 heteroatoms. The van der Waals surface area contributed by atoms with E-state index >= 15 is 0 Å². The molecule has 0 radical (unpaired) electrons. The zero-order valence-corrected chi connectivity index (χ0v) is 13.1. The molecule has 2 rings (SSSR count). The first kappa shape index (κ1) is 14.9. The van der Waals surface area contributed by atoms with Crippen molar-refractivity contribution in [3.8, 4) is 11.1 Å². The Morgan fingerprint density at radius 2 is 1.65 bits per heavy atom. The number of aromatic nitrogens is 1.